The van der Waals surface area contributed by atoms with Crippen LogP contribution in [0.3, 0.4) is 0 Å². The van der Waals surface area contributed by atoms with Gasteiger partial charge in [0.15, 0.2) is 0 Å². The summed E-state index contributed by atoms with van der Waals surface area (Å²) in [6.07, 6.45) is 29.4. The molecule has 0 heterocycles. The van der Waals surface area contributed by atoms with E-state index in [1.54, 1.807) is 0 Å². The van der Waals surface area contributed by atoms with Crippen molar-refractivity contribution in [2.75, 3.05) is 26.4 Å². The Morgan fingerprint density at radius 3 is 1.29 bits per heavy atom. The molecule has 0 aromatic heterocycles. The van der Waals surface area contributed by atoms with Gasteiger partial charge in [-0.2, -0.15) is 0 Å². The number of carbonyl (C=O) groups is 1. The standard InChI is InChI=1S/C22H42O2.C6H14O.C2H6O2/c1-2-3-4-5-6-7-8-9-10-11-12-13-14-15-16-17-18-19-20-21-22(23)24;1-3-5-7-6-4-2;3-1-2-4/h9-10H,2-8,11-21H2,1H3,(H,23,24);3-6H2,1-2H3;3-4H,1-2H2/b10-9-;;. The Bertz CT molecular complexity index is 379. The van der Waals surface area contributed by atoms with Gasteiger partial charge in [-0.25, -0.2) is 0 Å². The first-order chi connectivity index (χ1) is 17.1. The van der Waals surface area contributed by atoms with E-state index in [4.69, 9.17) is 20.1 Å². The number of carboxylic acid groups (broad SMARTS) is 1. The Balaban J connectivity index is -0.000000769. The third kappa shape index (κ3) is 50.8. The monoisotopic (exact) mass is 502 g/mol. The number of aliphatic hydroxyl groups excluding tert-OH is 2. The molecule has 3 N–H and O–H groups in total. The van der Waals surface area contributed by atoms with Gasteiger partial charge in [-0.1, -0.05) is 110 Å². The molecule has 0 rings (SSSR count). The summed E-state index contributed by atoms with van der Waals surface area (Å²) in [7, 11) is 0. The lowest BCUT2D eigenvalue weighted by Gasteiger charge is -2.01. The number of rotatable bonds is 24. The molecule has 0 fully saturated rings. The molecule has 0 aromatic carbocycles. The smallest absolute Gasteiger partial charge is 0.303 e. The highest BCUT2D eigenvalue weighted by atomic mass is 16.5. The van der Waals surface area contributed by atoms with Crippen LogP contribution in [-0.4, -0.2) is 47.7 Å². The fourth-order valence-corrected chi connectivity index (χ4v) is 3.44. The van der Waals surface area contributed by atoms with E-state index in [2.05, 4.69) is 32.9 Å². The summed E-state index contributed by atoms with van der Waals surface area (Å²) in [5, 5.41) is 23.8. The average molecular weight is 503 g/mol. The Morgan fingerprint density at radius 2 is 0.943 bits per heavy atom. The zero-order chi connectivity index (χ0) is 26.7. The normalized spacial score (nSPS) is 10.5. The van der Waals surface area contributed by atoms with Crippen molar-refractivity contribution >= 4 is 5.97 Å². The van der Waals surface area contributed by atoms with Crippen LogP contribution in [0.2, 0.25) is 0 Å². The van der Waals surface area contributed by atoms with Crippen molar-refractivity contribution < 1.29 is 24.9 Å². The summed E-state index contributed by atoms with van der Waals surface area (Å²) in [5.41, 5.74) is 0. The lowest BCUT2D eigenvalue weighted by molar-refractivity contribution is -0.137. The zero-order valence-corrected chi connectivity index (χ0v) is 23.8. The average Bonchev–Trinajstić information content (AvgIpc) is 2.86. The summed E-state index contributed by atoms with van der Waals surface area (Å²) in [4.78, 5) is 10.4. The molecule has 0 radical (unpaired) electrons. The zero-order valence-electron chi connectivity index (χ0n) is 23.8. The summed E-state index contributed by atoms with van der Waals surface area (Å²) in [6.45, 7) is 8.11. The number of aliphatic carboxylic acids is 1. The fraction of sp³-hybridized carbons (Fsp3) is 0.900. The van der Waals surface area contributed by atoms with Crippen molar-refractivity contribution in [1.29, 1.82) is 0 Å². The van der Waals surface area contributed by atoms with Crippen molar-refractivity contribution in [3.63, 3.8) is 0 Å². The number of unbranched alkanes of at least 4 members (excludes halogenated alkanes) is 15. The minimum absolute atomic E-state index is 0.125. The molecular weight excluding hydrogens is 440 g/mol. The molecule has 0 aromatic rings. The Labute approximate surface area is 218 Å². The Hall–Kier alpha value is -0.910. The molecule has 5 heteroatoms. The molecule has 0 spiro atoms. The van der Waals surface area contributed by atoms with Gasteiger partial charge in [0.2, 0.25) is 0 Å². The van der Waals surface area contributed by atoms with E-state index in [0.29, 0.717) is 6.42 Å². The van der Waals surface area contributed by atoms with E-state index in [9.17, 15) is 4.79 Å². The van der Waals surface area contributed by atoms with E-state index >= 15 is 0 Å². The van der Waals surface area contributed by atoms with E-state index in [0.717, 1.165) is 38.9 Å². The summed E-state index contributed by atoms with van der Waals surface area (Å²) >= 11 is 0. The highest BCUT2D eigenvalue weighted by Gasteiger charge is 1.96. The van der Waals surface area contributed by atoms with E-state index in [-0.39, 0.29) is 13.2 Å². The highest BCUT2D eigenvalue weighted by molar-refractivity contribution is 5.66. The van der Waals surface area contributed by atoms with Gasteiger partial charge in [-0.05, 0) is 44.9 Å². The van der Waals surface area contributed by atoms with Crippen molar-refractivity contribution in [3.8, 4) is 0 Å². The van der Waals surface area contributed by atoms with Gasteiger partial charge in [0.05, 0.1) is 13.2 Å². The molecule has 5 nitrogen and oxygen atoms in total. The summed E-state index contributed by atoms with van der Waals surface area (Å²) in [6, 6.07) is 0. The molecule has 0 amide bonds. The van der Waals surface area contributed by atoms with Crippen LogP contribution in [0.25, 0.3) is 0 Å². The maximum atomic E-state index is 10.4. The first-order valence-corrected chi connectivity index (χ1v) is 14.8. The Kier molecular flexibility index (Phi) is 44.4. The second-order valence-electron chi connectivity index (χ2n) is 9.20. The molecular formula is C30H62O5. The van der Waals surface area contributed by atoms with Gasteiger partial charge in [0.1, 0.15) is 0 Å². The number of ether oxygens (including phenoxy) is 1. The second kappa shape index (κ2) is 40.3. The number of hydrogen-bond acceptors (Lipinski definition) is 4. The molecule has 0 bridgehead atoms. The predicted octanol–water partition coefficient (Wildman–Crippen LogP) is 8.46. The van der Waals surface area contributed by atoms with E-state index < -0.39 is 5.97 Å². The third-order valence-electron chi connectivity index (χ3n) is 5.45. The van der Waals surface area contributed by atoms with Crippen LogP contribution >= 0.6 is 0 Å². The molecule has 0 saturated carbocycles. The molecule has 35 heavy (non-hydrogen) atoms. The van der Waals surface area contributed by atoms with Crippen molar-refractivity contribution in [1.82, 2.24) is 0 Å². The van der Waals surface area contributed by atoms with Gasteiger partial charge < -0.3 is 20.1 Å². The third-order valence-corrected chi connectivity index (χ3v) is 5.45. The lowest BCUT2D eigenvalue weighted by atomic mass is 10.1. The fourth-order valence-electron chi connectivity index (χ4n) is 3.44. The lowest BCUT2D eigenvalue weighted by Crippen LogP contribution is -1.93. The quantitative estimate of drug-likeness (QED) is 0.0910. The Morgan fingerprint density at radius 1 is 0.571 bits per heavy atom. The van der Waals surface area contributed by atoms with Crippen molar-refractivity contribution in [2.24, 2.45) is 0 Å². The van der Waals surface area contributed by atoms with Crippen LogP contribution in [0.5, 0.6) is 0 Å². The SMILES string of the molecule is CCCCCCCC/C=C\CCCCCCCCCCCC(=O)O.CCCOCCC.OCCO. The number of hydrogen-bond donors (Lipinski definition) is 3. The molecule has 0 saturated heterocycles. The first kappa shape index (κ1) is 38.6. The van der Waals surface area contributed by atoms with Crippen molar-refractivity contribution in [2.45, 2.75) is 149 Å². The molecule has 0 atom stereocenters. The summed E-state index contributed by atoms with van der Waals surface area (Å²) < 4.78 is 5.13. The van der Waals surface area contributed by atoms with Gasteiger partial charge in [-0.15, -0.1) is 0 Å². The number of allylic oxidation sites excluding steroid dienone is 2. The van der Waals surface area contributed by atoms with Crippen LogP contribution < -0.4 is 0 Å². The highest BCUT2D eigenvalue weighted by Crippen LogP contribution is 2.12. The molecule has 0 aliphatic carbocycles. The van der Waals surface area contributed by atoms with Crippen LogP contribution in [0, 0.1) is 0 Å². The first-order valence-electron chi connectivity index (χ1n) is 14.8. The predicted molar refractivity (Wildman–Crippen MR) is 151 cm³/mol. The van der Waals surface area contributed by atoms with Crippen LogP contribution in [0.1, 0.15) is 149 Å². The maximum Gasteiger partial charge on any atom is 0.303 e. The van der Waals surface area contributed by atoms with E-state index in [1.165, 1.54) is 96.3 Å². The van der Waals surface area contributed by atoms with Gasteiger partial charge >= 0.3 is 5.97 Å². The van der Waals surface area contributed by atoms with Crippen LogP contribution in [0.4, 0.5) is 0 Å². The maximum absolute atomic E-state index is 10.4. The second-order valence-corrected chi connectivity index (χ2v) is 9.20. The molecule has 0 aliphatic heterocycles. The molecule has 212 valence electrons. The number of aliphatic hydroxyl groups is 2. The van der Waals surface area contributed by atoms with Crippen LogP contribution in [0.15, 0.2) is 12.2 Å². The van der Waals surface area contributed by atoms with Crippen molar-refractivity contribution in [3.05, 3.63) is 12.2 Å². The van der Waals surface area contributed by atoms with Crippen LogP contribution in [-0.2, 0) is 9.53 Å². The van der Waals surface area contributed by atoms with Gasteiger partial charge in [0.25, 0.3) is 0 Å². The van der Waals surface area contributed by atoms with E-state index in [1.807, 2.05) is 0 Å². The number of carboxylic acids is 1. The minimum atomic E-state index is -0.656. The molecule has 0 aliphatic rings. The largest absolute Gasteiger partial charge is 0.481 e. The van der Waals surface area contributed by atoms with Gasteiger partial charge in [0, 0.05) is 19.6 Å². The minimum Gasteiger partial charge on any atom is -0.481 e. The van der Waals surface area contributed by atoms with Gasteiger partial charge in [-0.3, -0.25) is 4.79 Å². The molecule has 0 unspecified atom stereocenters. The topological polar surface area (TPSA) is 87.0 Å². The summed E-state index contributed by atoms with van der Waals surface area (Å²) in [5.74, 6) is -0.656.